The molecular formula is C23H24ClFN2O3. The van der Waals surface area contributed by atoms with Gasteiger partial charge in [0, 0.05) is 18.2 Å². The van der Waals surface area contributed by atoms with Gasteiger partial charge < -0.3 is 4.74 Å². The van der Waals surface area contributed by atoms with E-state index in [0.29, 0.717) is 22.6 Å². The van der Waals surface area contributed by atoms with Crippen molar-refractivity contribution >= 4 is 29.0 Å². The number of pyridine rings is 1. The molecule has 0 amide bonds. The molecule has 1 aromatic carbocycles. The number of esters is 1. The first-order valence-corrected chi connectivity index (χ1v) is 10.2. The minimum atomic E-state index is -0.618. The second-order valence-electron chi connectivity index (χ2n) is 8.06. The van der Waals surface area contributed by atoms with Crippen LogP contribution in [0.25, 0.3) is 16.9 Å². The maximum Gasteiger partial charge on any atom is 0.306 e. The molecule has 0 radical (unpaired) electrons. The van der Waals surface area contributed by atoms with Gasteiger partial charge in [0.1, 0.15) is 28.5 Å². The highest BCUT2D eigenvalue weighted by molar-refractivity contribution is 6.33. The van der Waals surface area contributed by atoms with Gasteiger partial charge >= 0.3 is 5.97 Å². The Labute approximate surface area is 179 Å². The fraction of sp³-hybridized carbons (Fsp3) is 0.348. The molecule has 0 aliphatic carbocycles. The summed E-state index contributed by atoms with van der Waals surface area (Å²) in [5.74, 6) is -1.19. The van der Waals surface area contributed by atoms with E-state index in [9.17, 15) is 14.0 Å². The maximum absolute atomic E-state index is 13.5. The van der Waals surface area contributed by atoms with Crippen LogP contribution in [0.5, 0.6) is 0 Å². The number of fused-ring (bicyclic) bond motifs is 1. The van der Waals surface area contributed by atoms with Gasteiger partial charge in [-0.1, -0.05) is 18.5 Å². The van der Waals surface area contributed by atoms with E-state index in [1.807, 2.05) is 19.1 Å². The molecule has 0 saturated heterocycles. The van der Waals surface area contributed by atoms with Crippen molar-refractivity contribution in [3.8, 4) is 11.3 Å². The molecule has 0 N–H and O–H groups in total. The summed E-state index contributed by atoms with van der Waals surface area (Å²) >= 11 is 6.25. The lowest BCUT2D eigenvalue weighted by molar-refractivity contribution is -0.154. The van der Waals surface area contributed by atoms with Crippen molar-refractivity contribution in [2.45, 2.75) is 52.6 Å². The molecule has 5 nitrogen and oxygen atoms in total. The Morgan fingerprint density at radius 3 is 2.53 bits per heavy atom. The quantitative estimate of drug-likeness (QED) is 0.374. The highest BCUT2D eigenvalue weighted by atomic mass is 35.5. The van der Waals surface area contributed by atoms with Gasteiger partial charge in [0.15, 0.2) is 5.78 Å². The monoisotopic (exact) mass is 430 g/mol. The summed E-state index contributed by atoms with van der Waals surface area (Å²) in [6.45, 7) is 7.35. The number of rotatable bonds is 6. The van der Waals surface area contributed by atoms with Gasteiger partial charge in [-0.25, -0.2) is 9.37 Å². The van der Waals surface area contributed by atoms with E-state index < -0.39 is 17.4 Å². The summed E-state index contributed by atoms with van der Waals surface area (Å²) in [6.07, 6.45) is 2.51. The predicted octanol–water partition coefficient (Wildman–Crippen LogP) is 5.66. The second kappa shape index (κ2) is 8.56. The Hall–Kier alpha value is -2.73. The average Bonchev–Trinajstić information content (AvgIpc) is 3.02. The highest BCUT2D eigenvalue weighted by Gasteiger charge is 2.24. The number of ether oxygens (including phenoxy) is 1. The van der Waals surface area contributed by atoms with Crippen molar-refractivity contribution < 1.29 is 18.7 Å². The normalized spacial score (nSPS) is 11.7. The zero-order valence-corrected chi connectivity index (χ0v) is 18.2. The number of nitrogens with zero attached hydrogens (tertiary/aromatic N) is 2. The largest absolute Gasteiger partial charge is 0.460 e. The first-order chi connectivity index (χ1) is 14.1. The van der Waals surface area contributed by atoms with E-state index in [4.69, 9.17) is 16.3 Å². The zero-order chi connectivity index (χ0) is 22.1. The Kier molecular flexibility index (Phi) is 6.27. The number of aryl methyl sites for hydroxylation is 1. The molecule has 0 spiro atoms. The van der Waals surface area contributed by atoms with Crippen molar-refractivity contribution in [1.29, 1.82) is 0 Å². The summed E-state index contributed by atoms with van der Waals surface area (Å²) in [4.78, 5) is 29.8. The summed E-state index contributed by atoms with van der Waals surface area (Å²) in [6, 6.07) is 7.77. The lowest BCUT2D eigenvalue weighted by Crippen LogP contribution is -2.24. The molecule has 158 valence electrons. The molecule has 0 unspecified atom stereocenters. The lowest BCUT2D eigenvalue weighted by Gasteiger charge is -2.19. The molecule has 3 rings (SSSR count). The highest BCUT2D eigenvalue weighted by Crippen LogP contribution is 2.32. The van der Waals surface area contributed by atoms with Crippen LogP contribution in [0.15, 0.2) is 36.5 Å². The molecule has 0 fully saturated rings. The Morgan fingerprint density at radius 1 is 1.17 bits per heavy atom. The molecule has 7 heteroatoms. The van der Waals surface area contributed by atoms with Crippen molar-refractivity contribution in [2.75, 3.05) is 0 Å². The molecule has 30 heavy (non-hydrogen) atoms. The Morgan fingerprint density at radius 2 is 1.90 bits per heavy atom. The van der Waals surface area contributed by atoms with E-state index >= 15 is 0 Å². The number of aromatic nitrogens is 2. The third-order valence-electron chi connectivity index (χ3n) is 4.53. The molecule has 0 aliphatic rings. The van der Waals surface area contributed by atoms with Crippen LogP contribution in [0.3, 0.4) is 0 Å². The standard InChI is InChI=1S/C23H24ClFN2O3/c1-5-14-10-11-27-19(12-14)26-21(16-7-6-15(25)13-17(16)24)22(27)18(28)8-9-20(29)30-23(2,3)4/h6-7,10-13H,5,8-9H2,1-4H3. The van der Waals surface area contributed by atoms with Gasteiger partial charge in [-0.3, -0.25) is 14.0 Å². The van der Waals surface area contributed by atoms with Crippen LogP contribution in [-0.4, -0.2) is 26.7 Å². The van der Waals surface area contributed by atoms with Crippen molar-refractivity contribution in [2.24, 2.45) is 0 Å². The maximum atomic E-state index is 13.5. The van der Waals surface area contributed by atoms with Crippen molar-refractivity contribution in [1.82, 2.24) is 9.38 Å². The SMILES string of the molecule is CCc1ccn2c(C(=O)CCC(=O)OC(C)(C)C)c(-c3ccc(F)cc3Cl)nc2c1. The van der Waals surface area contributed by atoms with E-state index in [0.717, 1.165) is 12.0 Å². The van der Waals surface area contributed by atoms with Crippen LogP contribution in [0, 0.1) is 5.82 Å². The number of Topliss-reactive ketones (excluding diaryl/α,β-unsaturated/α-hetero) is 1. The number of halogens is 2. The summed E-state index contributed by atoms with van der Waals surface area (Å²) in [5.41, 5.74) is 2.17. The van der Waals surface area contributed by atoms with Crippen LogP contribution in [0.2, 0.25) is 5.02 Å². The molecule has 2 heterocycles. The molecule has 0 atom stereocenters. The molecule has 0 saturated carbocycles. The number of hydrogen-bond acceptors (Lipinski definition) is 4. The van der Waals surface area contributed by atoms with Gasteiger partial charge in [0.2, 0.25) is 0 Å². The van der Waals surface area contributed by atoms with E-state index in [-0.39, 0.29) is 23.6 Å². The van der Waals surface area contributed by atoms with E-state index in [1.165, 1.54) is 18.2 Å². The number of carbonyl (C=O) groups excluding carboxylic acids is 2. The summed E-state index contributed by atoms with van der Waals surface area (Å²) in [5, 5.41) is 0.162. The molecule has 2 aromatic heterocycles. The third kappa shape index (κ3) is 4.87. The number of hydrogen-bond donors (Lipinski definition) is 0. The van der Waals surface area contributed by atoms with Crippen LogP contribution in [-0.2, 0) is 16.0 Å². The summed E-state index contributed by atoms with van der Waals surface area (Å²) in [7, 11) is 0. The number of imidazole rings is 1. The van der Waals surface area contributed by atoms with Crippen LogP contribution in [0.4, 0.5) is 4.39 Å². The first kappa shape index (κ1) is 22.0. The number of carbonyl (C=O) groups is 2. The minimum Gasteiger partial charge on any atom is -0.460 e. The molecule has 0 aliphatic heterocycles. The Bertz CT molecular complexity index is 1120. The third-order valence-corrected chi connectivity index (χ3v) is 4.84. The predicted molar refractivity (Wildman–Crippen MR) is 114 cm³/mol. The van der Waals surface area contributed by atoms with Gasteiger partial charge in [0.25, 0.3) is 0 Å². The van der Waals surface area contributed by atoms with Crippen LogP contribution >= 0.6 is 11.6 Å². The van der Waals surface area contributed by atoms with E-state index in [1.54, 1.807) is 31.4 Å². The molecular weight excluding hydrogens is 407 g/mol. The average molecular weight is 431 g/mol. The van der Waals surface area contributed by atoms with Crippen molar-refractivity contribution in [3.63, 3.8) is 0 Å². The van der Waals surface area contributed by atoms with Gasteiger partial charge in [-0.2, -0.15) is 0 Å². The fourth-order valence-electron chi connectivity index (χ4n) is 3.17. The van der Waals surface area contributed by atoms with Gasteiger partial charge in [-0.15, -0.1) is 0 Å². The Balaban J connectivity index is 2.02. The smallest absolute Gasteiger partial charge is 0.306 e. The topological polar surface area (TPSA) is 60.7 Å². The molecule has 3 aromatic rings. The van der Waals surface area contributed by atoms with Gasteiger partial charge in [-0.05, 0) is 63.1 Å². The van der Waals surface area contributed by atoms with Crippen LogP contribution in [0.1, 0.15) is 56.6 Å². The minimum absolute atomic E-state index is 0.0376. The number of ketones is 1. The number of benzene rings is 1. The van der Waals surface area contributed by atoms with Crippen LogP contribution < -0.4 is 0 Å². The van der Waals surface area contributed by atoms with Crippen molar-refractivity contribution in [3.05, 3.63) is 58.6 Å². The molecule has 0 bridgehead atoms. The van der Waals surface area contributed by atoms with E-state index in [2.05, 4.69) is 4.98 Å². The zero-order valence-electron chi connectivity index (χ0n) is 17.5. The second-order valence-corrected chi connectivity index (χ2v) is 8.47. The fourth-order valence-corrected chi connectivity index (χ4v) is 3.43. The van der Waals surface area contributed by atoms with Gasteiger partial charge in [0.05, 0.1) is 11.4 Å². The summed E-state index contributed by atoms with van der Waals surface area (Å²) < 4.78 is 20.5. The lowest BCUT2D eigenvalue weighted by atomic mass is 10.0. The first-order valence-electron chi connectivity index (χ1n) is 9.80.